The Hall–Kier alpha value is -0.770. The molecule has 18 heavy (non-hydrogen) atoms. The van der Waals surface area contributed by atoms with Gasteiger partial charge in [-0.3, -0.25) is 4.79 Å². The predicted molar refractivity (Wildman–Crippen MR) is 76.2 cm³/mol. The van der Waals surface area contributed by atoms with Crippen LogP contribution in [0.15, 0.2) is 24.3 Å². The molecule has 0 unspecified atom stereocenters. The third-order valence-corrected chi connectivity index (χ3v) is 3.32. The van der Waals surface area contributed by atoms with Crippen molar-refractivity contribution in [2.24, 2.45) is 0 Å². The van der Waals surface area contributed by atoms with Crippen LogP contribution in [0.5, 0.6) is 0 Å². The number of carbonyl (C=O) groups excluding carboxylic acids is 1. The van der Waals surface area contributed by atoms with E-state index in [1.807, 2.05) is 31.3 Å². The van der Waals surface area contributed by atoms with Crippen LogP contribution in [0.2, 0.25) is 5.02 Å². The minimum atomic E-state index is 0. The lowest BCUT2D eigenvalue weighted by atomic mass is 10.1. The van der Waals surface area contributed by atoms with Crippen molar-refractivity contribution < 1.29 is 4.79 Å². The Morgan fingerprint density at radius 2 is 2.11 bits per heavy atom. The molecule has 0 aliphatic carbocycles. The fraction of sp³-hybridized carbons (Fsp3) is 0.462. The summed E-state index contributed by atoms with van der Waals surface area (Å²) < 4.78 is 0. The molecule has 5 heteroatoms. The minimum Gasteiger partial charge on any atom is -0.340 e. The van der Waals surface area contributed by atoms with Gasteiger partial charge < -0.3 is 10.2 Å². The van der Waals surface area contributed by atoms with Crippen molar-refractivity contribution >= 4 is 29.9 Å². The molecule has 1 amide bonds. The Morgan fingerprint density at radius 1 is 1.44 bits per heavy atom. The first-order chi connectivity index (χ1) is 8.16. The molecule has 1 aromatic carbocycles. The van der Waals surface area contributed by atoms with E-state index in [2.05, 4.69) is 5.32 Å². The normalized spacial score (nSPS) is 18.2. The van der Waals surface area contributed by atoms with E-state index in [9.17, 15) is 4.79 Å². The van der Waals surface area contributed by atoms with Gasteiger partial charge in [0, 0.05) is 18.6 Å². The molecular weight excluding hydrogens is 271 g/mol. The second kappa shape index (κ2) is 6.98. The molecule has 1 saturated heterocycles. The van der Waals surface area contributed by atoms with Crippen molar-refractivity contribution in [3.8, 4) is 0 Å². The number of hydrogen-bond donors (Lipinski definition) is 1. The number of nitrogens with zero attached hydrogens (tertiary/aromatic N) is 1. The zero-order chi connectivity index (χ0) is 12.3. The quantitative estimate of drug-likeness (QED) is 0.927. The number of benzene rings is 1. The third-order valence-electron chi connectivity index (χ3n) is 3.07. The average molecular weight is 289 g/mol. The van der Waals surface area contributed by atoms with Crippen LogP contribution in [0, 0.1) is 0 Å². The van der Waals surface area contributed by atoms with Gasteiger partial charge in [0.1, 0.15) is 0 Å². The summed E-state index contributed by atoms with van der Waals surface area (Å²) in [4.78, 5) is 13.8. The molecule has 0 saturated carbocycles. The summed E-state index contributed by atoms with van der Waals surface area (Å²) >= 11 is 5.82. The molecule has 1 aliphatic rings. The van der Waals surface area contributed by atoms with Crippen molar-refractivity contribution in [2.45, 2.75) is 25.4 Å². The number of amides is 1. The van der Waals surface area contributed by atoms with Gasteiger partial charge in [-0.25, -0.2) is 0 Å². The molecule has 0 bridgehead atoms. The van der Waals surface area contributed by atoms with Gasteiger partial charge >= 0.3 is 0 Å². The topological polar surface area (TPSA) is 32.3 Å². The van der Waals surface area contributed by atoms with Crippen LogP contribution < -0.4 is 5.32 Å². The largest absolute Gasteiger partial charge is 0.340 e. The minimum absolute atomic E-state index is 0. The van der Waals surface area contributed by atoms with Gasteiger partial charge in [0.05, 0.1) is 6.04 Å². The van der Waals surface area contributed by atoms with Crippen molar-refractivity contribution in [1.82, 2.24) is 10.2 Å². The zero-order valence-electron chi connectivity index (χ0n) is 10.4. The number of halogens is 2. The zero-order valence-corrected chi connectivity index (χ0v) is 11.9. The van der Waals surface area contributed by atoms with E-state index in [4.69, 9.17) is 11.6 Å². The van der Waals surface area contributed by atoms with Crippen LogP contribution in [0.25, 0.3) is 0 Å². The third kappa shape index (κ3) is 3.87. The molecule has 1 N–H and O–H groups in total. The second-order valence-electron chi connectivity index (χ2n) is 4.47. The molecule has 1 heterocycles. The van der Waals surface area contributed by atoms with Crippen LogP contribution in [-0.2, 0) is 11.3 Å². The highest BCUT2D eigenvalue weighted by Gasteiger charge is 2.24. The van der Waals surface area contributed by atoms with Gasteiger partial charge in [-0.2, -0.15) is 0 Å². The second-order valence-corrected chi connectivity index (χ2v) is 4.91. The van der Waals surface area contributed by atoms with Gasteiger partial charge in [0.15, 0.2) is 0 Å². The number of hydrogen-bond acceptors (Lipinski definition) is 2. The Bertz CT molecular complexity index is 388. The Labute approximate surface area is 119 Å². The molecular formula is C13H18Cl2N2O. The number of carbonyl (C=O) groups is 1. The molecule has 1 aliphatic heterocycles. The van der Waals surface area contributed by atoms with Gasteiger partial charge in [-0.05, 0) is 37.1 Å². The fourth-order valence-corrected chi connectivity index (χ4v) is 2.23. The van der Waals surface area contributed by atoms with Crippen LogP contribution >= 0.6 is 24.0 Å². The van der Waals surface area contributed by atoms with Crippen molar-refractivity contribution in [3.05, 3.63) is 34.9 Å². The van der Waals surface area contributed by atoms with E-state index in [-0.39, 0.29) is 24.4 Å². The Balaban J connectivity index is 0.00000162. The number of nitrogens with one attached hydrogen (secondary N) is 1. The molecule has 1 atom stereocenters. The summed E-state index contributed by atoms with van der Waals surface area (Å²) in [5, 5.41) is 3.94. The predicted octanol–water partition coefficient (Wildman–Crippen LogP) is 2.47. The first-order valence-corrected chi connectivity index (χ1v) is 6.27. The highest BCUT2D eigenvalue weighted by atomic mass is 35.5. The van der Waals surface area contributed by atoms with E-state index < -0.39 is 0 Å². The first-order valence-electron chi connectivity index (χ1n) is 5.89. The van der Waals surface area contributed by atoms with Crippen LogP contribution in [0.3, 0.4) is 0 Å². The summed E-state index contributed by atoms with van der Waals surface area (Å²) in [5.74, 6) is 0.178. The van der Waals surface area contributed by atoms with E-state index in [0.717, 1.165) is 30.0 Å². The molecule has 3 nitrogen and oxygen atoms in total. The maximum Gasteiger partial charge on any atom is 0.239 e. The fourth-order valence-electron chi connectivity index (χ4n) is 2.10. The number of likely N-dealkylation sites (N-methyl/N-ethyl adjacent to an activating group) is 1. The lowest BCUT2D eigenvalue weighted by molar-refractivity contribution is -0.132. The summed E-state index contributed by atoms with van der Waals surface area (Å²) in [6, 6.07) is 7.61. The Morgan fingerprint density at radius 3 is 2.67 bits per heavy atom. The Kier molecular flexibility index (Phi) is 5.93. The molecule has 0 aromatic heterocycles. The summed E-state index contributed by atoms with van der Waals surface area (Å²) in [5.41, 5.74) is 1.10. The first kappa shape index (κ1) is 15.3. The van der Waals surface area contributed by atoms with Gasteiger partial charge in [0.25, 0.3) is 0 Å². The summed E-state index contributed by atoms with van der Waals surface area (Å²) in [7, 11) is 1.84. The maximum absolute atomic E-state index is 12.1. The summed E-state index contributed by atoms with van der Waals surface area (Å²) in [6.07, 6.45) is 2.04. The van der Waals surface area contributed by atoms with Crippen LogP contribution in [0.1, 0.15) is 18.4 Å². The summed E-state index contributed by atoms with van der Waals surface area (Å²) in [6.45, 7) is 1.58. The molecule has 0 radical (unpaired) electrons. The lowest BCUT2D eigenvalue weighted by Crippen LogP contribution is -2.41. The standard InChI is InChI=1S/C13H17ClN2O.ClH/c1-16(13(17)12-3-2-8-15-12)9-10-4-6-11(14)7-5-10;/h4-7,12,15H,2-3,8-9H2,1H3;1H/t12-;/m0./s1. The molecule has 100 valence electrons. The van der Waals surface area contributed by atoms with E-state index in [0.29, 0.717) is 6.54 Å². The van der Waals surface area contributed by atoms with E-state index in [1.54, 1.807) is 4.90 Å². The smallest absolute Gasteiger partial charge is 0.239 e. The van der Waals surface area contributed by atoms with Gasteiger partial charge in [0.2, 0.25) is 5.91 Å². The van der Waals surface area contributed by atoms with Crippen molar-refractivity contribution in [1.29, 1.82) is 0 Å². The van der Waals surface area contributed by atoms with E-state index in [1.165, 1.54) is 0 Å². The monoisotopic (exact) mass is 288 g/mol. The molecule has 1 fully saturated rings. The lowest BCUT2D eigenvalue weighted by Gasteiger charge is -2.21. The van der Waals surface area contributed by atoms with Crippen molar-refractivity contribution in [2.75, 3.05) is 13.6 Å². The SMILES string of the molecule is CN(Cc1ccc(Cl)cc1)C(=O)[C@@H]1CCCN1.Cl. The van der Waals surface area contributed by atoms with Crippen molar-refractivity contribution in [3.63, 3.8) is 0 Å². The van der Waals surface area contributed by atoms with Crippen LogP contribution in [0.4, 0.5) is 0 Å². The molecule has 1 aromatic rings. The maximum atomic E-state index is 12.1. The highest BCUT2D eigenvalue weighted by Crippen LogP contribution is 2.13. The van der Waals surface area contributed by atoms with Crippen LogP contribution in [-0.4, -0.2) is 30.4 Å². The number of rotatable bonds is 3. The highest BCUT2D eigenvalue weighted by molar-refractivity contribution is 6.30. The van der Waals surface area contributed by atoms with E-state index >= 15 is 0 Å². The van der Waals surface area contributed by atoms with Gasteiger partial charge in [-0.1, -0.05) is 23.7 Å². The molecule has 2 rings (SSSR count). The molecule has 0 spiro atoms. The van der Waals surface area contributed by atoms with Gasteiger partial charge in [-0.15, -0.1) is 12.4 Å². The average Bonchev–Trinajstić information content (AvgIpc) is 2.84.